The van der Waals surface area contributed by atoms with Crippen LogP contribution in [0, 0.1) is 11.8 Å². The molecule has 0 fully saturated rings. The highest BCUT2D eigenvalue weighted by Crippen LogP contribution is 2.44. The number of carbonyl (C=O) groups excluding carboxylic acids is 2. The third-order valence-electron chi connectivity index (χ3n) is 5.54. The molecule has 1 amide bonds. The molecule has 2 N–H and O–H groups in total. The molecule has 0 aliphatic heterocycles. The zero-order chi connectivity index (χ0) is 23.2. The van der Waals surface area contributed by atoms with E-state index in [-0.39, 0.29) is 36.1 Å². The number of amides is 1. The number of fused-ring (bicyclic) bond motifs is 3. The van der Waals surface area contributed by atoms with Crippen LogP contribution in [0.5, 0.6) is 11.5 Å². The van der Waals surface area contributed by atoms with E-state index in [4.69, 9.17) is 9.47 Å². The van der Waals surface area contributed by atoms with Gasteiger partial charge >= 0.3 is 6.09 Å². The normalized spacial score (nSPS) is 11.5. The number of aldehydes is 1. The Balaban J connectivity index is 1.31. The maximum atomic E-state index is 12.2. The lowest BCUT2D eigenvalue weighted by Crippen LogP contribution is -2.26. The fraction of sp³-hybridized carbons (Fsp3) is 0.185. The predicted molar refractivity (Wildman–Crippen MR) is 125 cm³/mol. The molecule has 1 aliphatic rings. The van der Waals surface area contributed by atoms with Crippen molar-refractivity contribution >= 4 is 12.4 Å². The third-order valence-corrected chi connectivity index (χ3v) is 5.54. The molecular formula is C27H23NO5. The lowest BCUT2D eigenvalue weighted by molar-refractivity contribution is 0.112. The van der Waals surface area contributed by atoms with Gasteiger partial charge in [0.2, 0.25) is 0 Å². The van der Waals surface area contributed by atoms with Gasteiger partial charge in [-0.3, -0.25) is 4.79 Å². The molecule has 0 aromatic heterocycles. The maximum Gasteiger partial charge on any atom is 0.407 e. The Hall–Kier alpha value is -4.24. The largest absolute Gasteiger partial charge is 0.503 e. The van der Waals surface area contributed by atoms with Gasteiger partial charge in [-0.1, -0.05) is 60.4 Å². The van der Waals surface area contributed by atoms with E-state index in [1.54, 1.807) is 0 Å². The average molecular weight is 441 g/mol. The van der Waals surface area contributed by atoms with Crippen molar-refractivity contribution in [3.05, 3.63) is 82.9 Å². The topological polar surface area (TPSA) is 84.9 Å². The molecule has 166 valence electrons. The molecular weight excluding hydrogens is 418 g/mol. The predicted octanol–water partition coefficient (Wildman–Crippen LogP) is 4.49. The third kappa shape index (κ3) is 4.68. The minimum absolute atomic E-state index is 0.00555. The maximum absolute atomic E-state index is 12.2. The van der Waals surface area contributed by atoms with Crippen LogP contribution >= 0.6 is 0 Å². The van der Waals surface area contributed by atoms with Gasteiger partial charge in [-0.05, 0) is 34.4 Å². The van der Waals surface area contributed by atoms with Crippen LogP contribution in [0.15, 0.2) is 60.7 Å². The van der Waals surface area contributed by atoms with Crippen molar-refractivity contribution in [2.75, 3.05) is 20.3 Å². The van der Waals surface area contributed by atoms with Crippen LogP contribution in [0.1, 0.15) is 39.4 Å². The van der Waals surface area contributed by atoms with Gasteiger partial charge in [0.15, 0.2) is 11.5 Å². The van der Waals surface area contributed by atoms with Gasteiger partial charge in [0.05, 0.1) is 12.7 Å². The minimum Gasteiger partial charge on any atom is -0.503 e. The van der Waals surface area contributed by atoms with Crippen molar-refractivity contribution in [3.63, 3.8) is 0 Å². The molecule has 0 unspecified atom stereocenters. The molecule has 6 nitrogen and oxygen atoms in total. The summed E-state index contributed by atoms with van der Waals surface area (Å²) in [6.07, 6.45) is 0.495. The summed E-state index contributed by atoms with van der Waals surface area (Å²) in [6, 6.07) is 19.2. The van der Waals surface area contributed by atoms with Gasteiger partial charge in [0.1, 0.15) is 12.9 Å². The van der Waals surface area contributed by atoms with Gasteiger partial charge in [-0.2, -0.15) is 0 Å². The van der Waals surface area contributed by atoms with Crippen LogP contribution in [0.25, 0.3) is 11.1 Å². The van der Waals surface area contributed by atoms with Crippen molar-refractivity contribution in [3.8, 4) is 34.5 Å². The number of nitrogens with one attached hydrogen (secondary N) is 1. The second-order valence-electron chi connectivity index (χ2n) is 7.54. The van der Waals surface area contributed by atoms with Crippen molar-refractivity contribution in [1.82, 2.24) is 5.32 Å². The first-order valence-electron chi connectivity index (χ1n) is 10.6. The van der Waals surface area contributed by atoms with Crippen LogP contribution in [0.2, 0.25) is 0 Å². The highest BCUT2D eigenvalue weighted by Gasteiger charge is 2.28. The van der Waals surface area contributed by atoms with Gasteiger partial charge in [0, 0.05) is 24.4 Å². The summed E-state index contributed by atoms with van der Waals surface area (Å²) in [6.45, 7) is 0.534. The van der Waals surface area contributed by atoms with E-state index in [0.29, 0.717) is 18.3 Å². The minimum atomic E-state index is -0.508. The van der Waals surface area contributed by atoms with Crippen LogP contribution < -0.4 is 10.1 Å². The number of ether oxygens (including phenoxy) is 2. The number of methoxy groups -OCH3 is 1. The van der Waals surface area contributed by atoms with Crippen LogP contribution in [-0.4, -0.2) is 37.7 Å². The summed E-state index contributed by atoms with van der Waals surface area (Å²) < 4.78 is 10.5. The van der Waals surface area contributed by atoms with E-state index in [9.17, 15) is 14.7 Å². The molecule has 6 heteroatoms. The number of phenols is 1. The molecule has 4 rings (SSSR count). The molecule has 0 heterocycles. The van der Waals surface area contributed by atoms with E-state index < -0.39 is 6.09 Å². The van der Waals surface area contributed by atoms with Gasteiger partial charge < -0.3 is 19.9 Å². The number of rotatable bonds is 6. The number of alkyl carbamates (subject to hydrolysis) is 1. The van der Waals surface area contributed by atoms with Crippen molar-refractivity contribution in [1.29, 1.82) is 0 Å². The Kier molecular flexibility index (Phi) is 6.61. The average Bonchev–Trinajstić information content (AvgIpc) is 3.17. The van der Waals surface area contributed by atoms with Gasteiger partial charge in [-0.25, -0.2) is 4.79 Å². The van der Waals surface area contributed by atoms with Crippen molar-refractivity contribution in [2.45, 2.75) is 12.3 Å². The quantitative estimate of drug-likeness (QED) is 0.334. The molecule has 0 saturated heterocycles. The Morgan fingerprint density at radius 3 is 2.39 bits per heavy atom. The molecule has 33 heavy (non-hydrogen) atoms. The Morgan fingerprint density at radius 1 is 1.09 bits per heavy atom. The van der Waals surface area contributed by atoms with Gasteiger partial charge in [-0.15, -0.1) is 0 Å². The number of carbonyl (C=O) groups is 2. The van der Waals surface area contributed by atoms with Crippen LogP contribution in [0.4, 0.5) is 4.79 Å². The van der Waals surface area contributed by atoms with E-state index >= 15 is 0 Å². The second kappa shape index (κ2) is 9.92. The van der Waals surface area contributed by atoms with E-state index in [1.807, 2.05) is 24.3 Å². The number of aromatic hydroxyl groups is 1. The first-order valence-corrected chi connectivity index (χ1v) is 10.6. The summed E-state index contributed by atoms with van der Waals surface area (Å²) >= 11 is 0. The van der Waals surface area contributed by atoms with Crippen LogP contribution in [-0.2, 0) is 4.74 Å². The smallest absolute Gasteiger partial charge is 0.407 e. The van der Waals surface area contributed by atoms with E-state index in [1.165, 1.54) is 30.4 Å². The highest BCUT2D eigenvalue weighted by atomic mass is 16.5. The summed E-state index contributed by atoms with van der Waals surface area (Å²) in [5.74, 6) is 5.74. The lowest BCUT2D eigenvalue weighted by atomic mass is 9.98. The summed E-state index contributed by atoms with van der Waals surface area (Å²) in [5, 5.41) is 12.8. The highest BCUT2D eigenvalue weighted by molar-refractivity contribution is 5.79. The SMILES string of the molecule is COc1cc(C=O)cc(C#CCCNC(=O)OCC2c3ccccc3-c3ccccc32)c1O. The Labute approximate surface area is 192 Å². The fourth-order valence-electron chi connectivity index (χ4n) is 3.98. The second-order valence-corrected chi connectivity index (χ2v) is 7.54. The first-order chi connectivity index (χ1) is 16.1. The zero-order valence-corrected chi connectivity index (χ0v) is 18.1. The molecule has 0 saturated carbocycles. The number of hydrogen-bond donors (Lipinski definition) is 2. The Morgan fingerprint density at radius 2 is 1.76 bits per heavy atom. The standard InChI is InChI=1S/C27H23NO5/c1-32-25-15-18(16-29)14-19(26(25)30)8-6-7-13-28-27(31)33-17-24-22-11-4-2-9-20(22)21-10-3-5-12-23(21)24/h2-5,9-12,14-16,24,30H,7,13,17H2,1H3,(H,28,31). The molecule has 0 bridgehead atoms. The van der Waals surface area contributed by atoms with E-state index in [2.05, 4.69) is 41.4 Å². The van der Waals surface area contributed by atoms with Crippen LogP contribution in [0.3, 0.4) is 0 Å². The summed E-state index contributed by atoms with van der Waals surface area (Å²) in [5.41, 5.74) is 5.31. The molecule has 0 spiro atoms. The zero-order valence-electron chi connectivity index (χ0n) is 18.1. The summed E-state index contributed by atoms with van der Waals surface area (Å²) in [4.78, 5) is 23.2. The van der Waals surface area contributed by atoms with E-state index in [0.717, 1.165) is 11.1 Å². The number of benzene rings is 3. The lowest BCUT2D eigenvalue weighted by Gasteiger charge is -2.14. The molecule has 3 aromatic rings. The molecule has 3 aromatic carbocycles. The van der Waals surface area contributed by atoms with Crippen molar-refractivity contribution < 1.29 is 24.2 Å². The molecule has 1 aliphatic carbocycles. The first kappa shape index (κ1) is 22.0. The summed E-state index contributed by atoms with van der Waals surface area (Å²) in [7, 11) is 1.40. The number of hydrogen-bond acceptors (Lipinski definition) is 5. The monoisotopic (exact) mass is 441 g/mol. The molecule has 0 radical (unpaired) electrons. The fourth-order valence-corrected chi connectivity index (χ4v) is 3.98. The Bertz CT molecular complexity index is 1210. The van der Waals surface area contributed by atoms with Gasteiger partial charge in [0.25, 0.3) is 0 Å². The van der Waals surface area contributed by atoms with Crippen molar-refractivity contribution in [2.24, 2.45) is 0 Å². The molecule has 0 atom stereocenters. The number of phenolic OH excluding ortho intramolecular Hbond substituents is 1.